The second-order valence-electron chi connectivity index (χ2n) is 5.40. The average molecular weight is 377 g/mol. The van der Waals surface area contributed by atoms with Crippen molar-refractivity contribution in [3.05, 3.63) is 53.6 Å². The third-order valence-electron chi connectivity index (χ3n) is 3.49. The molecule has 0 bridgehead atoms. The highest BCUT2D eigenvalue weighted by Crippen LogP contribution is 2.39. The van der Waals surface area contributed by atoms with Crippen molar-refractivity contribution >= 4 is 34.2 Å². The van der Waals surface area contributed by atoms with Gasteiger partial charge < -0.3 is 4.98 Å². The monoisotopic (exact) mass is 376 g/mol. The van der Waals surface area contributed by atoms with Gasteiger partial charge >= 0.3 is 6.18 Å². The lowest BCUT2D eigenvalue weighted by molar-refractivity contribution is -0.136. The zero-order valence-electron chi connectivity index (χ0n) is 12.2. The van der Waals surface area contributed by atoms with Gasteiger partial charge in [0.05, 0.1) is 11.1 Å². The normalized spacial score (nSPS) is 12.8. The van der Waals surface area contributed by atoms with Gasteiger partial charge in [-0.25, -0.2) is 9.37 Å². The van der Waals surface area contributed by atoms with E-state index in [1.54, 1.807) is 0 Å². The lowest BCUT2D eigenvalue weighted by Crippen LogP contribution is -2.07. The van der Waals surface area contributed by atoms with Crippen molar-refractivity contribution in [1.82, 2.24) is 9.97 Å². The summed E-state index contributed by atoms with van der Waals surface area (Å²) in [5, 5.41) is 0. The first-order chi connectivity index (χ1) is 11.1. The summed E-state index contributed by atoms with van der Waals surface area (Å²) >= 11 is 11.8. The number of halogens is 6. The van der Waals surface area contributed by atoms with Crippen molar-refractivity contribution in [2.24, 2.45) is 0 Å². The van der Waals surface area contributed by atoms with Gasteiger partial charge in [0.1, 0.15) is 17.2 Å². The Labute approximate surface area is 144 Å². The standard InChI is InChI=1S/C16H10Cl2F4N2/c1-15(17,18)14-23-12-7-9(8-2-4-10(19)5-3-8)6-11(13(12)24-14)16(20,21)22/h2-7H,1H3,(H,23,24). The van der Waals surface area contributed by atoms with E-state index in [4.69, 9.17) is 23.2 Å². The molecule has 2 aromatic carbocycles. The van der Waals surface area contributed by atoms with Crippen LogP contribution in [-0.4, -0.2) is 9.97 Å². The lowest BCUT2D eigenvalue weighted by atomic mass is 10.0. The van der Waals surface area contributed by atoms with Crippen LogP contribution in [0.2, 0.25) is 0 Å². The van der Waals surface area contributed by atoms with Crippen LogP contribution in [0.1, 0.15) is 18.3 Å². The molecule has 0 unspecified atom stereocenters. The fraction of sp³-hybridized carbons (Fsp3) is 0.188. The number of hydrogen-bond donors (Lipinski definition) is 1. The van der Waals surface area contributed by atoms with Crippen molar-refractivity contribution in [2.75, 3.05) is 0 Å². The number of nitrogens with zero attached hydrogens (tertiary/aromatic N) is 1. The minimum atomic E-state index is -4.62. The summed E-state index contributed by atoms with van der Waals surface area (Å²) in [7, 11) is 0. The summed E-state index contributed by atoms with van der Waals surface area (Å²) in [6.45, 7) is 1.40. The molecule has 0 radical (unpaired) electrons. The van der Waals surface area contributed by atoms with Crippen molar-refractivity contribution in [2.45, 2.75) is 17.4 Å². The summed E-state index contributed by atoms with van der Waals surface area (Å²) < 4.78 is 51.8. The molecule has 0 aliphatic rings. The number of benzene rings is 2. The molecule has 1 aromatic heterocycles. The maximum atomic E-state index is 13.4. The fourth-order valence-electron chi connectivity index (χ4n) is 2.35. The van der Waals surface area contributed by atoms with Crippen molar-refractivity contribution < 1.29 is 17.6 Å². The van der Waals surface area contributed by atoms with Crippen LogP contribution in [0.3, 0.4) is 0 Å². The van der Waals surface area contributed by atoms with Crippen molar-refractivity contribution in [3.8, 4) is 11.1 Å². The lowest BCUT2D eigenvalue weighted by Gasteiger charge is -2.10. The van der Waals surface area contributed by atoms with Gasteiger partial charge in [-0.1, -0.05) is 35.3 Å². The predicted octanol–water partition coefficient (Wildman–Crippen LogP) is 6.04. The Kier molecular flexibility index (Phi) is 4.00. The summed E-state index contributed by atoms with van der Waals surface area (Å²) in [5.74, 6) is -0.456. The van der Waals surface area contributed by atoms with E-state index in [0.29, 0.717) is 5.56 Å². The molecule has 0 amide bonds. The van der Waals surface area contributed by atoms with E-state index >= 15 is 0 Å². The number of nitrogens with one attached hydrogen (secondary N) is 1. The first-order valence-corrected chi connectivity index (χ1v) is 7.56. The van der Waals surface area contributed by atoms with Crippen LogP contribution in [0, 0.1) is 5.82 Å². The number of aromatic amines is 1. The summed E-state index contributed by atoms with van der Waals surface area (Å²) in [4.78, 5) is 6.62. The molecule has 126 valence electrons. The second-order valence-corrected chi connectivity index (χ2v) is 7.10. The number of H-pyrrole nitrogens is 1. The van der Waals surface area contributed by atoms with E-state index in [1.807, 2.05) is 0 Å². The number of hydrogen-bond acceptors (Lipinski definition) is 1. The van der Waals surface area contributed by atoms with E-state index in [0.717, 1.165) is 6.07 Å². The molecule has 2 nitrogen and oxygen atoms in total. The van der Waals surface area contributed by atoms with Gasteiger partial charge in [0, 0.05) is 0 Å². The maximum absolute atomic E-state index is 13.4. The van der Waals surface area contributed by atoms with Gasteiger partial charge in [0.25, 0.3) is 0 Å². The summed E-state index contributed by atoms with van der Waals surface area (Å²) in [6.07, 6.45) is -4.62. The van der Waals surface area contributed by atoms with E-state index in [-0.39, 0.29) is 22.4 Å². The first-order valence-electron chi connectivity index (χ1n) is 6.81. The Balaban J connectivity index is 2.28. The molecule has 1 N–H and O–H groups in total. The van der Waals surface area contributed by atoms with Crippen LogP contribution in [-0.2, 0) is 10.5 Å². The third kappa shape index (κ3) is 3.21. The Morgan fingerprint density at radius 2 is 1.62 bits per heavy atom. The molecule has 24 heavy (non-hydrogen) atoms. The largest absolute Gasteiger partial charge is 0.418 e. The fourth-order valence-corrected chi connectivity index (χ4v) is 2.53. The van der Waals surface area contributed by atoms with Crippen LogP contribution in [0.4, 0.5) is 17.6 Å². The highest BCUT2D eigenvalue weighted by Gasteiger charge is 2.35. The van der Waals surface area contributed by atoms with Gasteiger partial charge in [0.15, 0.2) is 4.33 Å². The van der Waals surface area contributed by atoms with Gasteiger partial charge in [-0.15, -0.1) is 0 Å². The quantitative estimate of drug-likeness (QED) is 0.428. The maximum Gasteiger partial charge on any atom is 0.418 e. The van der Waals surface area contributed by atoms with Crippen LogP contribution < -0.4 is 0 Å². The number of aromatic nitrogens is 2. The molecule has 0 fully saturated rings. The van der Waals surface area contributed by atoms with Gasteiger partial charge in [-0.2, -0.15) is 13.2 Å². The Hall–Kier alpha value is -1.79. The highest BCUT2D eigenvalue weighted by atomic mass is 35.5. The van der Waals surface area contributed by atoms with Crippen molar-refractivity contribution in [1.29, 1.82) is 0 Å². The smallest absolute Gasteiger partial charge is 0.339 e. The van der Waals surface area contributed by atoms with E-state index in [9.17, 15) is 17.6 Å². The molecule has 8 heteroatoms. The van der Waals surface area contributed by atoms with Gasteiger partial charge in [-0.05, 0) is 42.3 Å². The summed E-state index contributed by atoms with van der Waals surface area (Å²) in [6, 6.07) is 7.63. The van der Waals surface area contributed by atoms with E-state index < -0.39 is 21.9 Å². The van der Waals surface area contributed by atoms with Gasteiger partial charge in [0.2, 0.25) is 0 Å². The number of imidazole rings is 1. The number of rotatable bonds is 2. The molecule has 0 atom stereocenters. The average Bonchev–Trinajstić information content (AvgIpc) is 2.89. The zero-order valence-corrected chi connectivity index (χ0v) is 13.7. The molecule has 3 aromatic rings. The molecule has 0 aliphatic heterocycles. The molecule has 0 saturated heterocycles. The number of fused-ring (bicyclic) bond motifs is 1. The topological polar surface area (TPSA) is 28.7 Å². The molecule has 0 aliphatic carbocycles. The third-order valence-corrected chi connectivity index (χ3v) is 3.84. The Bertz CT molecular complexity index is 893. The number of alkyl halides is 5. The van der Waals surface area contributed by atoms with Crippen molar-refractivity contribution in [3.63, 3.8) is 0 Å². The van der Waals surface area contributed by atoms with Crippen LogP contribution in [0.15, 0.2) is 36.4 Å². The van der Waals surface area contributed by atoms with Gasteiger partial charge in [-0.3, -0.25) is 0 Å². The molecule has 3 rings (SSSR count). The van der Waals surface area contributed by atoms with E-state index in [1.165, 1.54) is 37.3 Å². The molecule has 0 spiro atoms. The van der Waals surface area contributed by atoms with Crippen LogP contribution >= 0.6 is 23.2 Å². The Morgan fingerprint density at radius 3 is 2.17 bits per heavy atom. The molecular formula is C16H10Cl2F4N2. The predicted molar refractivity (Wildman–Crippen MR) is 85.5 cm³/mol. The van der Waals surface area contributed by atoms with E-state index in [2.05, 4.69) is 9.97 Å². The first kappa shape index (κ1) is 17.0. The highest BCUT2D eigenvalue weighted by molar-refractivity contribution is 6.47. The second kappa shape index (κ2) is 5.63. The summed E-state index contributed by atoms with van der Waals surface area (Å²) in [5.41, 5.74) is -0.322. The molecular weight excluding hydrogens is 367 g/mol. The molecule has 0 saturated carbocycles. The SMILES string of the molecule is CC(Cl)(Cl)c1nc2c(C(F)(F)F)cc(-c3ccc(F)cc3)cc2[nH]1. The minimum Gasteiger partial charge on any atom is -0.339 e. The zero-order chi connectivity index (χ0) is 17.7. The van der Waals surface area contributed by atoms with Crippen LogP contribution in [0.5, 0.6) is 0 Å². The molecule has 1 heterocycles. The Morgan fingerprint density at radius 1 is 1.00 bits per heavy atom. The van der Waals surface area contributed by atoms with Crippen LogP contribution in [0.25, 0.3) is 22.2 Å². The minimum absolute atomic E-state index is 0.0163.